The number of amides is 3. The first kappa shape index (κ1) is 28.3. The fourth-order valence-electron chi connectivity index (χ4n) is 3.66. The first-order chi connectivity index (χ1) is 16.9. The van der Waals surface area contributed by atoms with E-state index < -0.39 is 60.2 Å². The first-order valence-corrected chi connectivity index (χ1v) is 11.5. The Balaban J connectivity index is 2.02. The van der Waals surface area contributed by atoms with E-state index in [0.717, 1.165) is 16.5 Å². The summed E-state index contributed by atoms with van der Waals surface area (Å²) in [6.07, 6.45) is 1.47. The molecule has 0 fully saturated rings. The fraction of sp³-hybridized carbons (Fsp3) is 0.458. The van der Waals surface area contributed by atoms with Crippen LogP contribution in [0.4, 0.5) is 0 Å². The Morgan fingerprint density at radius 3 is 2.17 bits per heavy atom. The fourth-order valence-corrected chi connectivity index (χ4v) is 3.66. The van der Waals surface area contributed by atoms with Gasteiger partial charge in [0.25, 0.3) is 0 Å². The third kappa shape index (κ3) is 8.08. The zero-order valence-corrected chi connectivity index (χ0v) is 20.4. The van der Waals surface area contributed by atoms with Gasteiger partial charge in [-0.3, -0.25) is 19.2 Å². The number of aromatic nitrogens is 1. The molecule has 2 aromatic rings. The lowest BCUT2D eigenvalue weighted by atomic mass is 10.0. The number of hydrogen-bond donors (Lipinski definition) is 7. The Morgan fingerprint density at radius 2 is 1.56 bits per heavy atom. The largest absolute Gasteiger partial charge is 0.481 e. The van der Waals surface area contributed by atoms with E-state index in [9.17, 15) is 24.0 Å². The van der Waals surface area contributed by atoms with Crippen molar-refractivity contribution in [3.05, 3.63) is 36.0 Å². The molecule has 0 bridgehead atoms. The molecule has 0 saturated heterocycles. The Kier molecular flexibility index (Phi) is 9.97. The number of hydrogen-bond acceptors (Lipinski definition) is 6. The second kappa shape index (κ2) is 12.7. The van der Waals surface area contributed by atoms with Crippen LogP contribution in [0.25, 0.3) is 10.9 Å². The van der Waals surface area contributed by atoms with Gasteiger partial charge in [0.1, 0.15) is 18.1 Å². The van der Waals surface area contributed by atoms with E-state index in [0.29, 0.717) is 0 Å². The molecule has 3 amide bonds. The Hall–Kier alpha value is -3.93. The van der Waals surface area contributed by atoms with Gasteiger partial charge in [0.05, 0.1) is 12.5 Å². The average molecular weight is 504 g/mol. The Morgan fingerprint density at radius 1 is 0.917 bits per heavy atom. The number of benzene rings is 1. The van der Waals surface area contributed by atoms with Crippen LogP contribution < -0.4 is 21.7 Å². The van der Waals surface area contributed by atoms with Crippen molar-refractivity contribution in [1.29, 1.82) is 0 Å². The van der Waals surface area contributed by atoms with E-state index >= 15 is 0 Å². The molecule has 12 heteroatoms. The molecule has 0 saturated carbocycles. The van der Waals surface area contributed by atoms with Crippen molar-refractivity contribution in [3.8, 4) is 0 Å². The van der Waals surface area contributed by atoms with Crippen LogP contribution in [0.2, 0.25) is 0 Å². The molecular weight excluding hydrogens is 470 g/mol. The lowest BCUT2D eigenvalue weighted by Gasteiger charge is -2.24. The summed E-state index contributed by atoms with van der Waals surface area (Å²) in [4.78, 5) is 63.2. The van der Waals surface area contributed by atoms with Gasteiger partial charge in [-0.25, -0.2) is 4.79 Å². The van der Waals surface area contributed by atoms with Crippen molar-refractivity contribution in [2.24, 2.45) is 11.7 Å². The molecule has 1 aromatic carbocycles. The van der Waals surface area contributed by atoms with Crippen LogP contribution in [-0.4, -0.2) is 69.0 Å². The summed E-state index contributed by atoms with van der Waals surface area (Å²) < 4.78 is 0. The molecule has 0 aliphatic rings. The van der Waals surface area contributed by atoms with Gasteiger partial charge in [0.2, 0.25) is 17.7 Å². The van der Waals surface area contributed by atoms with E-state index in [-0.39, 0.29) is 18.8 Å². The predicted molar refractivity (Wildman–Crippen MR) is 131 cm³/mol. The Labute approximate surface area is 208 Å². The third-order valence-electron chi connectivity index (χ3n) is 5.54. The van der Waals surface area contributed by atoms with Gasteiger partial charge in [-0.15, -0.1) is 0 Å². The monoisotopic (exact) mass is 503 g/mol. The molecule has 0 aliphatic heterocycles. The van der Waals surface area contributed by atoms with Gasteiger partial charge >= 0.3 is 11.9 Å². The summed E-state index contributed by atoms with van der Waals surface area (Å²) in [5, 5.41) is 26.0. The number of carboxylic acid groups (broad SMARTS) is 2. The van der Waals surface area contributed by atoms with E-state index in [1.807, 2.05) is 38.1 Å². The number of rotatable bonds is 13. The topological polar surface area (TPSA) is 204 Å². The van der Waals surface area contributed by atoms with E-state index in [2.05, 4.69) is 20.9 Å². The maximum atomic E-state index is 12.9. The molecule has 0 radical (unpaired) electrons. The van der Waals surface area contributed by atoms with Crippen molar-refractivity contribution in [3.63, 3.8) is 0 Å². The van der Waals surface area contributed by atoms with Gasteiger partial charge in [-0.1, -0.05) is 32.0 Å². The molecule has 2 rings (SSSR count). The zero-order valence-electron chi connectivity index (χ0n) is 20.4. The van der Waals surface area contributed by atoms with Gasteiger partial charge in [-0.05, 0) is 37.3 Å². The van der Waals surface area contributed by atoms with Crippen molar-refractivity contribution >= 4 is 40.6 Å². The van der Waals surface area contributed by atoms with Crippen LogP contribution in [0.15, 0.2) is 30.5 Å². The zero-order chi connectivity index (χ0) is 27.0. The van der Waals surface area contributed by atoms with Crippen LogP contribution in [0.3, 0.4) is 0 Å². The van der Waals surface area contributed by atoms with E-state index in [1.54, 1.807) is 6.20 Å². The molecule has 0 spiro atoms. The number of nitrogens with two attached hydrogens (primary N) is 1. The minimum absolute atomic E-state index is 0.0157. The number of carbonyl (C=O) groups excluding carboxylic acids is 3. The van der Waals surface area contributed by atoms with Crippen LogP contribution in [0.5, 0.6) is 0 Å². The maximum Gasteiger partial charge on any atom is 0.326 e. The van der Waals surface area contributed by atoms with Crippen LogP contribution in [0, 0.1) is 5.92 Å². The average Bonchev–Trinajstić information content (AvgIpc) is 3.20. The molecule has 8 N–H and O–H groups in total. The van der Waals surface area contributed by atoms with Gasteiger partial charge in [0.15, 0.2) is 0 Å². The van der Waals surface area contributed by atoms with Crippen molar-refractivity contribution in [2.75, 3.05) is 0 Å². The summed E-state index contributed by atoms with van der Waals surface area (Å²) in [5.74, 6) is -4.96. The summed E-state index contributed by atoms with van der Waals surface area (Å²) in [7, 11) is 0. The highest BCUT2D eigenvalue weighted by Gasteiger charge is 2.29. The summed E-state index contributed by atoms with van der Waals surface area (Å²) in [6, 6.07) is 2.84. The number of carboxylic acids is 2. The van der Waals surface area contributed by atoms with Crippen molar-refractivity contribution in [2.45, 2.75) is 64.2 Å². The number of nitrogens with one attached hydrogen (secondary N) is 4. The molecule has 36 heavy (non-hydrogen) atoms. The highest BCUT2D eigenvalue weighted by Crippen LogP contribution is 2.19. The highest BCUT2D eigenvalue weighted by atomic mass is 16.4. The number of aromatic amines is 1. The lowest BCUT2D eigenvalue weighted by Crippen LogP contribution is -2.56. The predicted octanol–water partition coefficient (Wildman–Crippen LogP) is 0.117. The number of carbonyl (C=O) groups is 5. The molecule has 4 atom stereocenters. The van der Waals surface area contributed by atoms with Gasteiger partial charge < -0.3 is 36.9 Å². The molecule has 1 aromatic heterocycles. The SMILES string of the molecule is CC(C)CC(NC(=O)C(N)Cc1c[nH]c2ccccc12)C(=O)NC(C)C(=O)NC(CC(=O)O)C(=O)O. The smallest absolute Gasteiger partial charge is 0.326 e. The van der Waals surface area contributed by atoms with Crippen LogP contribution in [-0.2, 0) is 30.4 Å². The first-order valence-electron chi connectivity index (χ1n) is 11.5. The molecular formula is C24H33N5O7. The molecule has 4 unspecified atom stereocenters. The molecule has 12 nitrogen and oxygen atoms in total. The van der Waals surface area contributed by atoms with E-state index in [1.165, 1.54) is 6.92 Å². The van der Waals surface area contributed by atoms with Crippen LogP contribution >= 0.6 is 0 Å². The van der Waals surface area contributed by atoms with E-state index in [4.69, 9.17) is 15.9 Å². The number of fused-ring (bicyclic) bond motifs is 1. The normalized spacial score (nSPS) is 14.5. The Bertz CT molecular complexity index is 1110. The van der Waals surface area contributed by atoms with Crippen molar-refractivity contribution < 1.29 is 34.2 Å². The minimum Gasteiger partial charge on any atom is -0.481 e. The van der Waals surface area contributed by atoms with Gasteiger partial charge in [-0.2, -0.15) is 0 Å². The maximum absolute atomic E-state index is 12.9. The number of aliphatic carboxylic acids is 2. The van der Waals surface area contributed by atoms with Crippen LogP contribution in [0.1, 0.15) is 39.2 Å². The summed E-state index contributed by atoms with van der Waals surface area (Å²) in [6.45, 7) is 5.04. The number of H-pyrrole nitrogens is 1. The highest BCUT2D eigenvalue weighted by molar-refractivity contribution is 5.94. The molecule has 1 heterocycles. The van der Waals surface area contributed by atoms with Gasteiger partial charge in [0, 0.05) is 17.1 Å². The lowest BCUT2D eigenvalue weighted by molar-refractivity contribution is -0.147. The number of para-hydroxylation sites is 1. The standard InChI is InChI=1S/C24H33N5O7/c1-12(2)8-18(23(34)27-13(3)21(32)29-19(24(35)36)10-20(30)31)28-22(33)16(25)9-14-11-26-17-7-5-4-6-15(14)17/h4-7,11-13,16,18-19,26H,8-10,25H2,1-3H3,(H,27,34)(H,28,33)(H,29,32)(H,30,31)(H,35,36). The second-order valence-corrected chi connectivity index (χ2v) is 9.09. The minimum atomic E-state index is -1.65. The summed E-state index contributed by atoms with van der Waals surface area (Å²) >= 11 is 0. The van der Waals surface area contributed by atoms with Crippen molar-refractivity contribution in [1.82, 2.24) is 20.9 Å². The second-order valence-electron chi connectivity index (χ2n) is 9.09. The third-order valence-corrected chi connectivity index (χ3v) is 5.54. The molecule has 0 aliphatic carbocycles. The quantitative estimate of drug-likeness (QED) is 0.199. The summed E-state index contributed by atoms with van der Waals surface area (Å²) in [5.41, 5.74) is 7.90. The molecule has 196 valence electrons.